The highest BCUT2D eigenvalue weighted by Crippen LogP contribution is 2.28. The van der Waals surface area contributed by atoms with Crippen molar-refractivity contribution in [2.45, 2.75) is 33.7 Å². The molecule has 2 heterocycles. The van der Waals surface area contributed by atoms with Gasteiger partial charge in [0.05, 0.1) is 17.6 Å². The highest BCUT2D eigenvalue weighted by atomic mass is 16.1. The number of hydrogen-bond acceptors (Lipinski definition) is 4. The van der Waals surface area contributed by atoms with Crippen LogP contribution < -0.4 is 11.1 Å². The number of hydrogen-bond donors (Lipinski definition) is 2. The normalized spacial score (nSPS) is 11.5. The van der Waals surface area contributed by atoms with Crippen molar-refractivity contribution >= 4 is 33.9 Å². The third-order valence-corrected chi connectivity index (χ3v) is 5.29. The number of benzene rings is 2. The monoisotopic (exact) mass is 401 g/mol. The quantitative estimate of drug-likeness (QED) is 0.504. The lowest BCUT2D eigenvalue weighted by Gasteiger charge is -2.09. The first-order valence-corrected chi connectivity index (χ1v) is 10.3. The Bertz CT molecular complexity index is 1210. The van der Waals surface area contributed by atoms with Crippen LogP contribution in [0.4, 0.5) is 5.82 Å². The van der Waals surface area contributed by atoms with Crippen LogP contribution in [-0.2, 0) is 6.54 Å². The van der Waals surface area contributed by atoms with E-state index in [9.17, 15) is 4.79 Å². The van der Waals surface area contributed by atoms with E-state index < -0.39 is 0 Å². The number of aryl methyl sites for hydroxylation is 1. The van der Waals surface area contributed by atoms with Crippen molar-refractivity contribution in [3.8, 4) is 0 Å². The van der Waals surface area contributed by atoms with Crippen LogP contribution in [0.25, 0.3) is 22.2 Å². The van der Waals surface area contributed by atoms with Crippen molar-refractivity contribution in [1.82, 2.24) is 19.9 Å². The number of nitrogens with zero attached hydrogens (tertiary/aromatic N) is 3. The number of carbonyl (C=O) groups excluding carboxylic acids is 1. The zero-order valence-corrected chi connectivity index (χ0v) is 17.6. The second kappa shape index (κ2) is 8.14. The summed E-state index contributed by atoms with van der Waals surface area (Å²) in [5.74, 6) is 0.697. The summed E-state index contributed by atoms with van der Waals surface area (Å²) >= 11 is 0. The second-order valence-electron chi connectivity index (χ2n) is 8.15. The van der Waals surface area contributed by atoms with Crippen LogP contribution in [0.1, 0.15) is 41.8 Å². The summed E-state index contributed by atoms with van der Waals surface area (Å²) in [6.07, 6.45) is 0.905. The first-order chi connectivity index (χ1) is 14.4. The molecule has 0 saturated carbocycles. The fourth-order valence-electron chi connectivity index (χ4n) is 3.54. The fraction of sp³-hybridized carbons (Fsp3) is 0.292. The van der Waals surface area contributed by atoms with Gasteiger partial charge in [-0.2, -0.15) is 0 Å². The number of nitrogens with one attached hydrogen (secondary N) is 1. The van der Waals surface area contributed by atoms with E-state index in [1.807, 2.05) is 28.8 Å². The van der Waals surface area contributed by atoms with Gasteiger partial charge in [-0.25, -0.2) is 9.97 Å². The van der Waals surface area contributed by atoms with Crippen molar-refractivity contribution < 1.29 is 4.79 Å². The molecule has 2 aromatic heterocycles. The van der Waals surface area contributed by atoms with E-state index in [1.165, 1.54) is 5.56 Å². The Balaban J connectivity index is 1.83. The molecule has 3 N–H and O–H groups in total. The summed E-state index contributed by atoms with van der Waals surface area (Å²) in [6, 6.07) is 15.9. The number of fused-ring (bicyclic) bond motifs is 2. The molecule has 0 unspecified atom stereocenters. The summed E-state index contributed by atoms with van der Waals surface area (Å²) in [7, 11) is 0. The molecule has 4 aromatic rings. The van der Waals surface area contributed by atoms with Crippen molar-refractivity contribution in [2.24, 2.45) is 5.92 Å². The Morgan fingerprint density at radius 2 is 1.73 bits per heavy atom. The molecule has 2 aromatic carbocycles. The number of nitrogen functional groups attached to an aromatic ring is 1. The SMILES string of the molecule is Cc1ccc(Cn2c(N)c(C(=O)NCCC(C)C)c3nc4ccccc4nc32)cc1. The average molecular weight is 402 g/mol. The minimum absolute atomic E-state index is 0.203. The molecule has 0 atom stereocenters. The minimum Gasteiger partial charge on any atom is -0.384 e. The lowest BCUT2D eigenvalue weighted by molar-refractivity contribution is 0.0954. The third kappa shape index (κ3) is 3.85. The Kier molecular flexibility index (Phi) is 5.40. The van der Waals surface area contributed by atoms with E-state index in [-0.39, 0.29) is 5.91 Å². The molecule has 0 fully saturated rings. The molecular formula is C24H27N5O. The van der Waals surface area contributed by atoms with E-state index in [1.54, 1.807) is 0 Å². The van der Waals surface area contributed by atoms with Crippen LogP contribution >= 0.6 is 0 Å². The van der Waals surface area contributed by atoms with Gasteiger partial charge in [0.15, 0.2) is 5.65 Å². The van der Waals surface area contributed by atoms with E-state index in [0.29, 0.717) is 41.6 Å². The van der Waals surface area contributed by atoms with Crippen molar-refractivity contribution in [3.63, 3.8) is 0 Å². The van der Waals surface area contributed by atoms with Gasteiger partial charge in [0.1, 0.15) is 16.9 Å². The Labute approximate surface area is 176 Å². The van der Waals surface area contributed by atoms with Gasteiger partial charge in [-0.05, 0) is 37.0 Å². The summed E-state index contributed by atoms with van der Waals surface area (Å²) in [4.78, 5) is 22.6. The van der Waals surface area contributed by atoms with Gasteiger partial charge in [-0.3, -0.25) is 4.79 Å². The number of nitrogens with two attached hydrogens (primary N) is 1. The van der Waals surface area contributed by atoms with Crippen molar-refractivity contribution in [3.05, 3.63) is 65.2 Å². The maximum atomic E-state index is 13.0. The summed E-state index contributed by atoms with van der Waals surface area (Å²) in [6.45, 7) is 7.44. The van der Waals surface area contributed by atoms with Gasteiger partial charge in [0.2, 0.25) is 0 Å². The lowest BCUT2D eigenvalue weighted by atomic mass is 10.1. The first kappa shape index (κ1) is 19.9. The summed E-state index contributed by atoms with van der Waals surface area (Å²) in [5.41, 5.74) is 11.9. The maximum absolute atomic E-state index is 13.0. The molecule has 6 heteroatoms. The largest absolute Gasteiger partial charge is 0.384 e. The van der Waals surface area contributed by atoms with Crippen LogP contribution in [0, 0.1) is 12.8 Å². The van der Waals surface area contributed by atoms with E-state index in [4.69, 9.17) is 15.7 Å². The van der Waals surface area contributed by atoms with Crippen molar-refractivity contribution in [1.29, 1.82) is 0 Å². The molecule has 0 saturated heterocycles. The van der Waals surface area contributed by atoms with Crippen LogP contribution in [0.5, 0.6) is 0 Å². The zero-order chi connectivity index (χ0) is 21.3. The first-order valence-electron chi connectivity index (χ1n) is 10.3. The summed E-state index contributed by atoms with van der Waals surface area (Å²) in [5, 5.41) is 3.00. The number of anilines is 1. The van der Waals surface area contributed by atoms with Gasteiger partial charge in [0, 0.05) is 6.54 Å². The fourth-order valence-corrected chi connectivity index (χ4v) is 3.54. The molecule has 154 valence electrons. The number of amides is 1. The number of carbonyl (C=O) groups is 1. The maximum Gasteiger partial charge on any atom is 0.257 e. The third-order valence-electron chi connectivity index (χ3n) is 5.29. The Morgan fingerprint density at radius 3 is 2.40 bits per heavy atom. The molecule has 4 rings (SSSR count). The second-order valence-corrected chi connectivity index (χ2v) is 8.15. The van der Waals surface area contributed by atoms with Crippen LogP contribution in [-0.4, -0.2) is 27.0 Å². The van der Waals surface area contributed by atoms with Crippen LogP contribution in [0.15, 0.2) is 48.5 Å². The predicted molar refractivity (Wildman–Crippen MR) is 122 cm³/mol. The predicted octanol–water partition coefficient (Wildman–Crippen LogP) is 4.30. The average Bonchev–Trinajstić information content (AvgIpc) is 2.98. The molecule has 6 nitrogen and oxygen atoms in total. The smallest absolute Gasteiger partial charge is 0.257 e. The molecule has 0 aliphatic rings. The Morgan fingerprint density at radius 1 is 1.07 bits per heavy atom. The molecule has 0 aliphatic carbocycles. The van der Waals surface area contributed by atoms with E-state index in [2.05, 4.69) is 50.4 Å². The van der Waals surface area contributed by atoms with E-state index >= 15 is 0 Å². The highest BCUT2D eigenvalue weighted by molar-refractivity contribution is 6.10. The molecule has 0 aliphatic heterocycles. The molecular weight excluding hydrogens is 374 g/mol. The minimum atomic E-state index is -0.203. The molecule has 30 heavy (non-hydrogen) atoms. The zero-order valence-electron chi connectivity index (χ0n) is 17.6. The van der Waals surface area contributed by atoms with Crippen LogP contribution in [0.3, 0.4) is 0 Å². The number of aromatic nitrogens is 3. The lowest BCUT2D eigenvalue weighted by Crippen LogP contribution is -2.26. The topological polar surface area (TPSA) is 85.8 Å². The van der Waals surface area contributed by atoms with E-state index in [0.717, 1.165) is 23.0 Å². The van der Waals surface area contributed by atoms with Gasteiger partial charge in [0.25, 0.3) is 5.91 Å². The summed E-state index contributed by atoms with van der Waals surface area (Å²) < 4.78 is 1.89. The van der Waals surface area contributed by atoms with Crippen LogP contribution in [0.2, 0.25) is 0 Å². The van der Waals surface area contributed by atoms with Crippen molar-refractivity contribution in [2.75, 3.05) is 12.3 Å². The van der Waals surface area contributed by atoms with Gasteiger partial charge in [-0.1, -0.05) is 55.8 Å². The van der Waals surface area contributed by atoms with Gasteiger partial charge in [-0.15, -0.1) is 0 Å². The Hall–Kier alpha value is -3.41. The molecule has 0 radical (unpaired) electrons. The standard InChI is InChI=1S/C24H27N5O/c1-15(2)12-13-26-24(30)20-21-23(28-19-7-5-4-6-18(19)27-21)29(22(20)25)14-17-10-8-16(3)9-11-17/h4-11,15H,12-14,25H2,1-3H3,(H,26,30). The highest BCUT2D eigenvalue weighted by Gasteiger charge is 2.24. The number of rotatable bonds is 6. The molecule has 1 amide bonds. The van der Waals surface area contributed by atoms with Gasteiger partial charge >= 0.3 is 0 Å². The molecule has 0 spiro atoms. The molecule has 0 bridgehead atoms. The number of para-hydroxylation sites is 2. The van der Waals surface area contributed by atoms with Gasteiger partial charge < -0.3 is 15.6 Å².